The van der Waals surface area contributed by atoms with Crippen molar-refractivity contribution in [1.29, 1.82) is 0 Å². The molecule has 0 fully saturated rings. The first-order valence-corrected chi connectivity index (χ1v) is 5.72. The lowest BCUT2D eigenvalue weighted by Gasteiger charge is -2.11. The van der Waals surface area contributed by atoms with Crippen LogP contribution in [0, 0.1) is 0 Å². The molecular weight excluding hydrogens is 288 g/mol. The Morgan fingerprint density at radius 1 is 1.40 bits per heavy atom. The van der Waals surface area contributed by atoms with Gasteiger partial charge in [0.1, 0.15) is 11.4 Å². The molecule has 0 saturated heterocycles. The molecular formula is C12H9ClN2O5. The Hall–Kier alpha value is -2.54. The number of ether oxygens (including phenoxy) is 1. The van der Waals surface area contributed by atoms with Gasteiger partial charge in [0.25, 0.3) is 5.56 Å². The van der Waals surface area contributed by atoms with E-state index >= 15 is 0 Å². The monoisotopic (exact) mass is 296 g/mol. The van der Waals surface area contributed by atoms with Crippen molar-refractivity contribution in [3.63, 3.8) is 0 Å². The fourth-order valence-electron chi connectivity index (χ4n) is 1.60. The highest BCUT2D eigenvalue weighted by atomic mass is 35.5. The molecule has 0 bridgehead atoms. The van der Waals surface area contributed by atoms with E-state index in [0.29, 0.717) is 5.02 Å². The number of carboxylic acid groups (broad SMARTS) is 1. The Morgan fingerprint density at radius 3 is 2.70 bits per heavy atom. The average Bonchev–Trinajstić information content (AvgIpc) is 2.38. The molecule has 0 unspecified atom stereocenters. The van der Waals surface area contributed by atoms with Crippen LogP contribution in [0.5, 0.6) is 11.5 Å². The maximum atomic E-state index is 11.8. The number of methoxy groups -OCH3 is 1. The van der Waals surface area contributed by atoms with Gasteiger partial charge >= 0.3 is 5.97 Å². The summed E-state index contributed by atoms with van der Waals surface area (Å²) >= 11 is 5.85. The number of nitrogens with zero attached hydrogens (tertiary/aromatic N) is 2. The molecule has 0 radical (unpaired) electrons. The number of benzene rings is 1. The summed E-state index contributed by atoms with van der Waals surface area (Å²) in [7, 11) is 1.39. The molecule has 2 rings (SSSR count). The van der Waals surface area contributed by atoms with E-state index in [-0.39, 0.29) is 11.4 Å². The molecule has 0 aliphatic rings. The molecule has 104 valence electrons. The third kappa shape index (κ3) is 2.43. The molecule has 1 aromatic carbocycles. The van der Waals surface area contributed by atoms with Crippen molar-refractivity contribution >= 4 is 17.6 Å². The van der Waals surface area contributed by atoms with Crippen LogP contribution in [0.2, 0.25) is 5.02 Å². The van der Waals surface area contributed by atoms with Crippen LogP contribution in [0.4, 0.5) is 0 Å². The summed E-state index contributed by atoms with van der Waals surface area (Å²) in [4.78, 5) is 22.8. The van der Waals surface area contributed by atoms with Gasteiger partial charge in [-0.1, -0.05) is 11.6 Å². The summed E-state index contributed by atoms with van der Waals surface area (Å²) in [5, 5.41) is 22.2. The predicted molar refractivity (Wildman–Crippen MR) is 70.0 cm³/mol. The van der Waals surface area contributed by atoms with Crippen LogP contribution in [0.3, 0.4) is 0 Å². The zero-order valence-corrected chi connectivity index (χ0v) is 11.0. The third-order valence-electron chi connectivity index (χ3n) is 2.48. The lowest BCUT2D eigenvalue weighted by molar-refractivity contribution is 0.0684. The summed E-state index contributed by atoms with van der Waals surface area (Å²) < 4.78 is 5.87. The first-order chi connectivity index (χ1) is 9.43. The van der Waals surface area contributed by atoms with Crippen LogP contribution in [-0.2, 0) is 0 Å². The fraction of sp³-hybridized carbons (Fsp3) is 0.0833. The summed E-state index contributed by atoms with van der Waals surface area (Å²) in [6, 6.07) is 5.22. The SMILES string of the molecule is COc1ccc(Cl)cc1-n1nc(C(=O)O)c(O)cc1=O. The highest BCUT2D eigenvalue weighted by Gasteiger charge is 2.17. The minimum absolute atomic E-state index is 0.174. The number of hydrogen-bond donors (Lipinski definition) is 2. The topological polar surface area (TPSA) is 102 Å². The lowest BCUT2D eigenvalue weighted by atomic mass is 10.3. The fourth-order valence-corrected chi connectivity index (χ4v) is 1.77. The molecule has 1 heterocycles. The van der Waals surface area contributed by atoms with Gasteiger partial charge in [0, 0.05) is 11.1 Å². The zero-order chi connectivity index (χ0) is 14.9. The van der Waals surface area contributed by atoms with Crippen molar-refractivity contribution in [2.24, 2.45) is 0 Å². The van der Waals surface area contributed by atoms with Crippen LogP contribution < -0.4 is 10.3 Å². The number of carbonyl (C=O) groups is 1. The summed E-state index contributed by atoms with van der Waals surface area (Å²) in [6.45, 7) is 0. The molecule has 0 aliphatic carbocycles. The number of aromatic carboxylic acids is 1. The van der Waals surface area contributed by atoms with Crippen molar-refractivity contribution in [2.45, 2.75) is 0 Å². The van der Waals surface area contributed by atoms with E-state index in [4.69, 9.17) is 21.4 Å². The van der Waals surface area contributed by atoms with Crippen molar-refractivity contribution < 1.29 is 19.7 Å². The summed E-state index contributed by atoms with van der Waals surface area (Å²) in [6.07, 6.45) is 0. The van der Waals surface area contributed by atoms with Gasteiger partial charge in [-0.25, -0.2) is 4.79 Å². The summed E-state index contributed by atoms with van der Waals surface area (Å²) in [5.74, 6) is -1.89. The molecule has 20 heavy (non-hydrogen) atoms. The van der Waals surface area contributed by atoms with Crippen molar-refractivity contribution in [3.05, 3.63) is 45.3 Å². The molecule has 2 N–H and O–H groups in total. The van der Waals surface area contributed by atoms with Gasteiger partial charge < -0.3 is 14.9 Å². The molecule has 0 aliphatic heterocycles. The Bertz CT molecular complexity index is 741. The van der Waals surface area contributed by atoms with E-state index in [2.05, 4.69) is 5.10 Å². The number of halogens is 1. The van der Waals surface area contributed by atoms with Crippen molar-refractivity contribution in [2.75, 3.05) is 7.11 Å². The number of hydrogen-bond acceptors (Lipinski definition) is 5. The van der Waals surface area contributed by atoms with Gasteiger partial charge in [0.15, 0.2) is 5.75 Å². The molecule has 8 heteroatoms. The second-order valence-corrected chi connectivity index (χ2v) is 4.19. The van der Waals surface area contributed by atoms with E-state index in [0.717, 1.165) is 10.7 Å². The lowest BCUT2D eigenvalue weighted by Crippen LogP contribution is -2.23. The number of rotatable bonds is 3. The van der Waals surface area contributed by atoms with E-state index < -0.39 is 23.0 Å². The largest absolute Gasteiger partial charge is 0.505 e. The molecule has 0 spiro atoms. The predicted octanol–water partition coefficient (Wildman–Crippen LogP) is 1.30. The van der Waals surface area contributed by atoms with E-state index in [1.807, 2.05) is 0 Å². The molecule has 7 nitrogen and oxygen atoms in total. The second kappa shape index (κ2) is 5.22. The molecule has 1 aromatic heterocycles. The van der Waals surface area contributed by atoms with Crippen LogP contribution in [0.25, 0.3) is 5.69 Å². The van der Waals surface area contributed by atoms with Crippen LogP contribution in [0.1, 0.15) is 10.5 Å². The Kier molecular flexibility index (Phi) is 3.62. The third-order valence-corrected chi connectivity index (χ3v) is 2.72. The maximum absolute atomic E-state index is 11.8. The van der Waals surface area contributed by atoms with Gasteiger partial charge in [-0.3, -0.25) is 4.79 Å². The normalized spacial score (nSPS) is 10.3. The van der Waals surface area contributed by atoms with Crippen molar-refractivity contribution in [1.82, 2.24) is 9.78 Å². The first kappa shape index (κ1) is 13.9. The van der Waals surface area contributed by atoms with Crippen molar-refractivity contribution in [3.8, 4) is 17.2 Å². The van der Waals surface area contributed by atoms with Gasteiger partial charge in [-0.05, 0) is 18.2 Å². The Balaban J connectivity index is 2.76. The van der Waals surface area contributed by atoms with Gasteiger partial charge in [0.05, 0.1) is 7.11 Å². The molecule has 2 aromatic rings. The molecule has 0 saturated carbocycles. The van der Waals surface area contributed by atoms with Gasteiger partial charge in [-0.15, -0.1) is 0 Å². The standard InChI is InChI=1S/C12H9ClN2O5/c1-20-9-3-2-6(13)4-7(9)15-10(17)5-8(16)11(14-15)12(18)19/h2-5,16H,1H3,(H,18,19). The van der Waals surface area contributed by atoms with E-state index in [9.17, 15) is 14.7 Å². The zero-order valence-electron chi connectivity index (χ0n) is 10.2. The minimum atomic E-state index is -1.46. The number of aromatic hydroxyl groups is 1. The Labute approximate surface area is 117 Å². The van der Waals surface area contributed by atoms with E-state index in [1.54, 1.807) is 6.07 Å². The smallest absolute Gasteiger partial charge is 0.360 e. The van der Waals surface area contributed by atoms with Crippen LogP contribution in [-0.4, -0.2) is 33.1 Å². The van der Waals surface area contributed by atoms with E-state index in [1.165, 1.54) is 19.2 Å². The van der Waals surface area contributed by atoms with Crippen LogP contribution in [0.15, 0.2) is 29.1 Å². The van der Waals surface area contributed by atoms with Crippen LogP contribution >= 0.6 is 11.6 Å². The molecule has 0 atom stereocenters. The molecule has 0 amide bonds. The average molecular weight is 297 g/mol. The number of aromatic nitrogens is 2. The highest BCUT2D eigenvalue weighted by molar-refractivity contribution is 6.30. The second-order valence-electron chi connectivity index (χ2n) is 3.75. The summed E-state index contributed by atoms with van der Waals surface area (Å²) in [5.41, 5.74) is -1.19. The first-order valence-electron chi connectivity index (χ1n) is 5.34. The highest BCUT2D eigenvalue weighted by Crippen LogP contribution is 2.25. The number of carboxylic acids is 1. The quantitative estimate of drug-likeness (QED) is 0.885. The maximum Gasteiger partial charge on any atom is 0.360 e. The minimum Gasteiger partial charge on any atom is -0.505 e. The van der Waals surface area contributed by atoms with Gasteiger partial charge in [-0.2, -0.15) is 9.78 Å². The Morgan fingerprint density at radius 2 is 2.10 bits per heavy atom. The van der Waals surface area contributed by atoms with Gasteiger partial charge in [0.2, 0.25) is 5.69 Å².